The number of benzene rings is 2. The van der Waals surface area contributed by atoms with Gasteiger partial charge in [-0.2, -0.15) is 0 Å². The number of hydrogen-bond acceptors (Lipinski definition) is 3. The van der Waals surface area contributed by atoms with Crippen LogP contribution in [0.2, 0.25) is 5.02 Å². The summed E-state index contributed by atoms with van der Waals surface area (Å²) in [5, 5.41) is 3.34. The molecule has 0 spiro atoms. The lowest BCUT2D eigenvalue weighted by molar-refractivity contribution is -0.122. The zero-order valence-corrected chi connectivity index (χ0v) is 17.5. The van der Waals surface area contributed by atoms with Gasteiger partial charge in [0.25, 0.3) is 0 Å². The van der Waals surface area contributed by atoms with Crippen molar-refractivity contribution in [1.82, 2.24) is 5.32 Å². The molecule has 1 amide bonds. The third-order valence-corrected chi connectivity index (χ3v) is 5.80. The maximum absolute atomic E-state index is 13.0. The van der Waals surface area contributed by atoms with Crippen molar-refractivity contribution in [3.05, 3.63) is 64.7 Å². The van der Waals surface area contributed by atoms with Crippen LogP contribution in [0.5, 0.6) is 0 Å². The van der Waals surface area contributed by atoms with Crippen LogP contribution in [-0.4, -0.2) is 26.6 Å². The number of halogens is 1. The number of amides is 1. The molecule has 2 aromatic rings. The Labute approximate surface area is 166 Å². The van der Waals surface area contributed by atoms with E-state index in [9.17, 15) is 13.2 Å². The number of nitrogens with one attached hydrogen (secondary N) is 1. The van der Waals surface area contributed by atoms with Crippen molar-refractivity contribution in [2.45, 2.75) is 39.3 Å². The van der Waals surface area contributed by atoms with Crippen LogP contribution in [0.1, 0.15) is 37.4 Å². The molecule has 2 aromatic carbocycles. The van der Waals surface area contributed by atoms with Gasteiger partial charge in [0.1, 0.15) is 6.04 Å². The Morgan fingerprint density at radius 3 is 2.37 bits per heavy atom. The van der Waals surface area contributed by atoms with Crippen LogP contribution < -0.4 is 9.62 Å². The monoisotopic (exact) mass is 408 g/mol. The summed E-state index contributed by atoms with van der Waals surface area (Å²) in [4.78, 5) is 13.0. The van der Waals surface area contributed by atoms with E-state index in [4.69, 9.17) is 11.6 Å². The second-order valence-corrected chi connectivity index (χ2v) is 8.85. The molecule has 2 atom stereocenters. The lowest BCUT2D eigenvalue weighted by Gasteiger charge is -2.32. The SMILES string of the molecule is CC[C@H](C(=O)N[C@H](C)c1ccccc1)N(c1cc(Cl)ccc1C)S(C)(=O)=O. The van der Waals surface area contributed by atoms with Gasteiger partial charge in [-0.25, -0.2) is 8.42 Å². The van der Waals surface area contributed by atoms with Crippen LogP contribution >= 0.6 is 11.6 Å². The molecule has 2 rings (SSSR count). The van der Waals surface area contributed by atoms with E-state index in [1.807, 2.05) is 37.3 Å². The molecule has 0 bridgehead atoms. The number of carbonyl (C=O) groups is 1. The standard InChI is InChI=1S/C20H25ClN2O3S/c1-5-18(20(24)22-15(3)16-9-7-6-8-10-16)23(27(4,25)26)19-13-17(21)12-11-14(19)2/h6-13,15,18H,5H2,1-4H3,(H,22,24)/t15-,18-/m1/s1. The fourth-order valence-electron chi connectivity index (χ4n) is 2.99. The predicted molar refractivity (Wildman–Crippen MR) is 111 cm³/mol. The average Bonchev–Trinajstić information content (AvgIpc) is 2.61. The number of aryl methyl sites for hydroxylation is 1. The van der Waals surface area contributed by atoms with Crippen LogP contribution in [0.25, 0.3) is 0 Å². The van der Waals surface area contributed by atoms with E-state index in [2.05, 4.69) is 5.32 Å². The highest BCUT2D eigenvalue weighted by Gasteiger charge is 2.33. The average molecular weight is 409 g/mol. The van der Waals surface area contributed by atoms with Crippen molar-refractivity contribution in [1.29, 1.82) is 0 Å². The van der Waals surface area contributed by atoms with E-state index >= 15 is 0 Å². The van der Waals surface area contributed by atoms with Gasteiger partial charge in [-0.05, 0) is 43.5 Å². The molecule has 0 radical (unpaired) electrons. The smallest absolute Gasteiger partial charge is 0.244 e. The second kappa shape index (κ2) is 8.76. The third-order valence-electron chi connectivity index (χ3n) is 4.40. The van der Waals surface area contributed by atoms with Gasteiger partial charge >= 0.3 is 0 Å². The maximum atomic E-state index is 13.0. The molecule has 27 heavy (non-hydrogen) atoms. The summed E-state index contributed by atoms with van der Waals surface area (Å²) in [6, 6.07) is 13.4. The number of anilines is 1. The Morgan fingerprint density at radius 1 is 1.19 bits per heavy atom. The fraction of sp³-hybridized carbons (Fsp3) is 0.350. The van der Waals surface area contributed by atoms with Crippen molar-refractivity contribution in [3.8, 4) is 0 Å². The minimum absolute atomic E-state index is 0.241. The predicted octanol–water partition coefficient (Wildman–Crippen LogP) is 4.07. The van der Waals surface area contributed by atoms with E-state index in [0.29, 0.717) is 17.1 Å². The highest BCUT2D eigenvalue weighted by atomic mass is 35.5. The van der Waals surface area contributed by atoms with Crippen molar-refractivity contribution in [2.24, 2.45) is 0 Å². The zero-order chi connectivity index (χ0) is 20.2. The second-order valence-electron chi connectivity index (χ2n) is 6.55. The molecule has 0 heterocycles. The molecule has 1 N–H and O–H groups in total. The zero-order valence-electron chi connectivity index (χ0n) is 15.9. The molecular weight excluding hydrogens is 384 g/mol. The molecule has 0 saturated carbocycles. The van der Waals surface area contributed by atoms with Crippen molar-refractivity contribution < 1.29 is 13.2 Å². The topological polar surface area (TPSA) is 66.5 Å². The molecule has 7 heteroatoms. The number of nitrogens with zero attached hydrogens (tertiary/aromatic N) is 1. The van der Waals surface area contributed by atoms with Crippen molar-refractivity contribution in [3.63, 3.8) is 0 Å². The van der Waals surface area contributed by atoms with E-state index in [0.717, 1.165) is 17.4 Å². The van der Waals surface area contributed by atoms with Gasteiger partial charge in [0.15, 0.2) is 0 Å². The van der Waals surface area contributed by atoms with E-state index < -0.39 is 16.1 Å². The van der Waals surface area contributed by atoms with Gasteiger partial charge in [0, 0.05) is 5.02 Å². The van der Waals surface area contributed by atoms with E-state index in [1.54, 1.807) is 32.0 Å². The quantitative estimate of drug-likeness (QED) is 0.750. The lowest BCUT2D eigenvalue weighted by atomic mass is 10.1. The van der Waals surface area contributed by atoms with Gasteiger partial charge in [-0.3, -0.25) is 9.10 Å². The normalized spacial score (nSPS) is 13.7. The lowest BCUT2D eigenvalue weighted by Crippen LogP contribution is -2.50. The Bertz CT molecular complexity index is 901. The summed E-state index contributed by atoms with van der Waals surface area (Å²) in [7, 11) is -3.70. The number of sulfonamides is 1. The summed E-state index contributed by atoms with van der Waals surface area (Å²) < 4.78 is 26.3. The summed E-state index contributed by atoms with van der Waals surface area (Å²) in [5.41, 5.74) is 2.09. The van der Waals surface area contributed by atoms with E-state index in [-0.39, 0.29) is 11.9 Å². The number of hydrogen-bond donors (Lipinski definition) is 1. The molecular formula is C20H25ClN2O3S. The third kappa shape index (κ3) is 5.23. The fourth-order valence-corrected chi connectivity index (χ4v) is 4.42. The van der Waals surface area contributed by atoms with Gasteiger partial charge in [-0.1, -0.05) is 54.9 Å². The first-order chi connectivity index (χ1) is 12.6. The van der Waals surface area contributed by atoms with Crippen LogP contribution in [0.4, 0.5) is 5.69 Å². The summed E-state index contributed by atoms with van der Waals surface area (Å²) in [6.07, 6.45) is 1.43. The Balaban J connectivity index is 2.38. The van der Waals surface area contributed by atoms with Crippen molar-refractivity contribution >= 4 is 33.2 Å². The number of carbonyl (C=O) groups excluding carboxylic acids is 1. The Hall–Kier alpha value is -2.05. The molecule has 0 aliphatic rings. The summed E-state index contributed by atoms with van der Waals surface area (Å²) in [6.45, 7) is 5.45. The molecule has 0 aromatic heterocycles. The minimum Gasteiger partial charge on any atom is -0.348 e. The van der Waals surface area contributed by atoms with Crippen LogP contribution in [-0.2, 0) is 14.8 Å². The molecule has 0 fully saturated rings. The Morgan fingerprint density at radius 2 is 1.81 bits per heavy atom. The van der Waals surface area contributed by atoms with Gasteiger partial charge in [0.2, 0.25) is 15.9 Å². The molecule has 0 unspecified atom stereocenters. The van der Waals surface area contributed by atoms with E-state index in [1.165, 1.54) is 4.31 Å². The molecule has 0 aliphatic carbocycles. The summed E-state index contributed by atoms with van der Waals surface area (Å²) >= 11 is 6.08. The van der Waals surface area contributed by atoms with Gasteiger partial charge < -0.3 is 5.32 Å². The molecule has 146 valence electrons. The maximum Gasteiger partial charge on any atom is 0.244 e. The van der Waals surface area contributed by atoms with Crippen LogP contribution in [0.3, 0.4) is 0 Å². The first-order valence-electron chi connectivity index (χ1n) is 8.76. The first kappa shape index (κ1) is 21.3. The van der Waals surface area contributed by atoms with Crippen LogP contribution in [0, 0.1) is 6.92 Å². The van der Waals surface area contributed by atoms with Crippen molar-refractivity contribution in [2.75, 3.05) is 10.6 Å². The Kier molecular flexibility index (Phi) is 6.89. The summed E-state index contributed by atoms with van der Waals surface area (Å²) in [5.74, 6) is -0.348. The van der Waals surface area contributed by atoms with Gasteiger partial charge in [-0.15, -0.1) is 0 Å². The first-order valence-corrected chi connectivity index (χ1v) is 11.0. The van der Waals surface area contributed by atoms with Gasteiger partial charge in [0.05, 0.1) is 18.0 Å². The molecule has 0 aliphatic heterocycles. The highest BCUT2D eigenvalue weighted by molar-refractivity contribution is 7.92. The molecule has 0 saturated heterocycles. The molecule has 5 nitrogen and oxygen atoms in total. The largest absolute Gasteiger partial charge is 0.348 e. The minimum atomic E-state index is -3.70. The highest BCUT2D eigenvalue weighted by Crippen LogP contribution is 2.29. The van der Waals surface area contributed by atoms with Crippen LogP contribution in [0.15, 0.2) is 48.5 Å². The number of rotatable bonds is 7.